The lowest BCUT2D eigenvalue weighted by molar-refractivity contribution is -0.119. The second kappa shape index (κ2) is 11.8. The first-order valence-electron chi connectivity index (χ1n) is 12.0. The van der Waals surface area contributed by atoms with E-state index in [-0.39, 0.29) is 22.9 Å². The van der Waals surface area contributed by atoms with E-state index in [1.807, 2.05) is 0 Å². The number of nitrogens with one attached hydrogen (secondary N) is 1. The van der Waals surface area contributed by atoms with E-state index in [2.05, 4.69) is 15.0 Å². The van der Waals surface area contributed by atoms with Crippen LogP contribution in [-0.2, 0) is 9.59 Å². The van der Waals surface area contributed by atoms with Crippen LogP contribution in [0.25, 0.3) is 0 Å². The second-order valence-corrected chi connectivity index (χ2v) is 8.97. The van der Waals surface area contributed by atoms with Gasteiger partial charge in [0.1, 0.15) is 35.0 Å². The summed E-state index contributed by atoms with van der Waals surface area (Å²) < 4.78 is 79.3. The van der Waals surface area contributed by atoms with Gasteiger partial charge in [0.2, 0.25) is 5.91 Å². The minimum atomic E-state index is -3.09. The Morgan fingerprint density at radius 3 is 2.22 bits per heavy atom. The predicted molar refractivity (Wildman–Crippen MR) is 136 cm³/mol. The molecule has 0 bridgehead atoms. The highest BCUT2D eigenvalue weighted by atomic mass is 19.3. The Kier molecular flexibility index (Phi) is 8.40. The van der Waals surface area contributed by atoms with Gasteiger partial charge >= 0.3 is 6.61 Å². The first-order chi connectivity index (χ1) is 19.4. The molecule has 1 aromatic heterocycles. The molecule has 216 valence electrons. The number of pyridine rings is 1. The molecule has 0 aliphatic carbocycles. The van der Waals surface area contributed by atoms with Crippen LogP contribution in [0.2, 0.25) is 0 Å². The number of anilines is 2. The van der Waals surface area contributed by atoms with Gasteiger partial charge in [-0.25, -0.2) is 18.2 Å². The first-order valence-corrected chi connectivity index (χ1v) is 12.0. The molecule has 41 heavy (non-hydrogen) atoms. The third-order valence-electron chi connectivity index (χ3n) is 6.49. The molecule has 14 heteroatoms. The molecule has 2 atom stereocenters. The van der Waals surface area contributed by atoms with Crippen molar-refractivity contribution in [2.75, 3.05) is 30.5 Å². The number of benzene rings is 2. The Morgan fingerprint density at radius 1 is 1.02 bits per heavy atom. The van der Waals surface area contributed by atoms with Gasteiger partial charge in [0.15, 0.2) is 11.6 Å². The van der Waals surface area contributed by atoms with E-state index in [9.17, 15) is 27.6 Å². The number of rotatable bonds is 8. The van der Waals surface area contributed by atoms with Crippen LogP contribution in [-0.4, -0.2) is 56.1 Å². The first kappa shape index (κ1) is 29.2. The highest BCUT2D eigenvalue weighted by molar-refractivity contribution is 6.05. The normalized spacial score (nSPS) is 16.6. The van der Waals surface area contributed by atoms with Crippen LogP contribution in [0.4, 0.5) is 33.6 Å². The Balaban J connectivity index is 1.73. The standard InChI is InChI=1S/C27H23F5N4O5/c1-13(37)35(2)21-9-8-18(28)24(33-21)36-12-17(22-19(29)10-16(40-3)11-20(22)30)23(26(36)39)34-25(38)14-4-6-15(7-5-14)41-27(31)32/h4-11,17,23,27H,12H2,1-3H3,(H,34,38)/t17-,23-/m0/s1. The lowest BCUT2D eigenvalue weighted by atomic mass is 9.92. The molecule has 2 aromatic carbocycles. The fraction of sp³-hybridized carbons (Fsp3) is 0.259. The summed E-state index contributed by atoms with van der Waals surface area (Å²) in [5.74, 6) is -7.62. The van der Waals surface area contributed by atoms with Crippen molar-refractivity contribution in [1.29, 1.82) is 0 Å². The number of halogens is 5. The lowest BCUT2D eigenvalue weighted by Crippen LogP contribution is -2.44. The summed E-state index contributed by atoms with van der Waals surface area (Å²) in [4.78, 5) is 44.4. The SMILES string of the molecule is COc1cc(F)c([C@@H]2CN(c3nc(N(C)C(C)=O)ccc3F)C(=O)[C@H]2NC(=O)c2ccc(OC(F)F)cc2)c(F)c1. The van der Waals surface area contributed by atoms with E-state index in [1.165, 1.54) is 27.1 Å². The summed E-state index contributed by atoms with van der Waals surface area (Å²) in [6, 6.07) is 6.87. The van der Waals surface area contributed by atoms with Gasteiger partial charge in [-0.05, 0) is 36.4 Å². The summed E-state index contributed by atoms with van der Waals surface area (Å²) in [7, 11) is 2.58. The van der Waals surface area contributed by atoms with Crippen molar-refractivity contribution in [3.8, 4) is 11.5 Å². The molecule has 0 saturated carbocycles. The van der Waals surface area contributed by atoms with Crippen LogP contribution in [0.5, 0.6) is 11.5 Å². The molecule has 0 spiro atoms. The number of aromatic nitrogens is 1. The molecule has 4 rings (SSSR count). The Labute approximate surface area is 230 Å². The third-order valence-corrected chi connectivity index (χ3v) is 6.49. The fourth-order valence-electron chi connectivity index (χ4n) is 4.35. The summed E-state index contributed by atoms with van der Waals surface area (Å²) in [6.07, 6.45) is 0. The smallest absolute Gasteiger partial charge is 0.387 e. The van der Waals surface area contributed by atoms with Gasteiger partial charge in [-0.2, -0.15) is 8.78 Å². The van der Waals surface area contributed by atoms with Gasteiger partial charge in [-0.1, -0.05) is 0 Å². The van der Waals surface area contributed by atoms with Gasteiger partial charge < -0.3 is 19.7 Å². The summed E-state index contributed by atoms with van der Waals surface area (Å²) >= 11 is 0. The summed E-state index contributed by atoms with van der Waals surface area (Å²) in [5, 5.41) is 2.41. The molecular formula is C27H23F5N4O5. The van der Waals surface area contributed by atoms with Crippen molar-refractivity contribution >= 4 is 29.4 Å². The Bertz CT molecular complexity index is 1460. The van der Waals surface area contributed by atoms with Crippen LogP contribution in [0.3, 0.4) is 0 Å². The van der Waals surface area contributed by atoms with Gasteiger partial charge in [0.05, 0.1) is 7.11 Å². The number of hydrogen-bond acceptors (Lipinski definition) is 6. The van der Waals surface area contributed by atoms with E-state index in [0.717, 1.165) is 52.3 Å². The molecule has 0 unspecified atom stereocenters. The van der Waals surface area contributed by atoms with Crippen LogP contribution in [0.15, 0.2) is 48.5 Å². The van der Waals surface area contributed by atoms with Crippen molar-refractivity contribution < 1.29 is 45.8 Å². The maximum atomic E-state index is 15.2. The van der Waals surface area contributed by atoms with Crippen LogP contribution in [0, 0.1) is 17.5 Å². The number of hydrogen-bond donors (Lipinski definition) is 1. The average Bonchev–Trinajstić information content (AvgIpc) is 3.23. The van der Waals surface area contributed by atoms with Gasteiger partial charge in [-0.3, -0.25) is 19.3 Å². The van der Waals surface area contributed by atoms with Crippen molar-refractivity contribution in [3.63, 3.8) is 0 Å². The zero-order chi connectivity index (χ0) is 30.0. The van der Waals surface area contributed by atoms with Gasteiger partial charge in [0.25, 0.3) is 11.8 Å². The van der Waals surface area contributed by atoms with Crippen LogP contribution >= 0.6 is 0 Å². The van der Waals surface area contributed by atoms with Crippen molar-refractivity contribution in [3.05, 3.63) is 77.1 Å². The third kappa shape index (κ3) is 6.05. The summed E-state index contributed by atoms with van der Waals surface area (Å²) in [5.41, 5.74) is -0.647. The van der Waals surface area contributed by atoms with Gasteiger partial charge in [0, 0.05) is 49.7 Å². The van der Waals surface area contributed by atoms with Gasteiger partial charge in [-0.15, -0.1) is 0 Å². The van der Waals surface area contributed by atoms with Crippen LogP contribution in [0.1, 0.15) is 28.8 Å². The number of nitrogens with zero attached hydrogens (tertiary/aromatic N) is 3. The van der Waals surface area contributed by atoms with Crippen LogP contribution < -0.4 is 24.6 Å². The highest BCUT2D eigenvalue weighted by Crippen LogP contribution is 2.37. The highest BCUT2D eigenvalue weighted by Gasteiger charge is 2.46. The molecular weight excluding hydrogens is 555 g/mol. The Morgan fingerprint density at radius 2 is 1.66 bits per heavy atom. The quantitative estimate of drug-likeness (QED) is 0.406. The Hall–Kier alpha value is -4.75. The largest absolute Gasteiger partial charge is 0.497 e. The second-order valence-electron chi connectivity index (χ2n) is 8.97. The molecule has 1 fully saturated rings. The number of amides is 3. The number of methoxy groups -OCH3 is 1. The molecule has 1 aliphatic rings. The number of carbonyl (C=O) groups is 3. The lowest BCUT2D eigenvalue weighted by Gasteiger charge is -2.20. The van der Waals surface area contributed by atoms with E-state index >= 15 is 8.78 Å². The molecule has 3 amide bonds. The molecule has 1 N–H and O–H groups in total. The zero-order valence-electron chi connectivity index (χ0n) is 21.8. The van der Waals surface area contributed by atoms with Crippen molar-refractivity contribution in [1.82, 2.24) is 10.3 Å². The summed E-state index contributed by atoms with van der Waals surface area (Å²) in [6.45, 7) is -2.34. The zero-order valence-corrected chi connectivity index (χ0v) is 21.8. The fourth-order valence-corrected chi connectivity index (χ4v) is 4.35. The van der Waals surface area contributed by atoms with E-state index in [1.54, 1.807) is 0 Å². The molecule has 2 heterocycles. The maximum Gasteiger partial charge on any atom is 0.387 e. The van der Waals surface area contributed by atoms with Crippen molar-refractivity contribution in [2.45, 2.75) is 25.5 Å². The van der Waals surface area contributed by atoms with Crippen molar-refractivity contribution in [2.24, 2.45) is 0 Å². The monoisotopic (exact) mass is 578 g/mol. The van der Waals surface area contributed by atoms with E-state index in [0.29, 0.717) is 0 Å². The van der Waals surface area contributed by atoms with E-state index < -0.39 is 71.7 Å². The number of carbonyl (C=O) groups excluding carboxylic acids is 3. The maximum absolute atomic E-state index is 15.2. The predicted octanol–water partition coefficient (Wildman–Crippen LogP) is 4.02. The minimum Gasteiger partial charge on any atom is -0.497 e. The molecule has 3 aromatic rings. The molecule has 1 saturated heterocycles. The molecule has 1 aliphatic heterocycles. The number of alkyl halides is 2. The average molecular weight is 578 g/mol. The topological polar surface area (TPSA) is 101 Å². The molecule has 9 nitrogen and oxygen atoms in total. The van der Waals surface area contributed by atoms with E-state index in [4.69, 9.17) is 4.74 Å². The molecule has 0 radical (unpaired) electrons. The number of ether oxygens (including phenoxy) is 2. The minimum absolute atomic E-state index is 0.00125.